The standard InChI is InChI=1S/C14H32NO8/c16-4-1-15(2-5-17,3-6-18)14(13-20)23-12-11-22-10-9-21-8-7-19/h14,16-20H,1-13H2/q+1. The molecule has 0 fully saturated rings. The topological polar surface area (TPSA) is 129 Å². The Morgan fingerprint density at radius 3 is 1.52 bits per heavy atom. The van der Waals surface area contributed by atoms with Crippen LogP contribution < -0.4 is 0 Å². The van der Waals surface area contributed by atoms with Crippen LogP contribution in [0.15, 0.2) is 0 Å². The summed E-state index contributed by atoms with van der Waals surface area (Å²) in [5.74, 6) is 0. The molecule has 0 aromatic carbocycles. The van der Waals surface area contributed by atoms with E-state index in [9.17, 15) is 20.4 Å². The Hall–Kier alpha value is -0.360. The van der Waals surface area contributed by atoms with Crippen LogP contribution in [0.5, 0.6) is 0 Å². The number of aliphatic hydroxyl groups is 5. The van der Waals surface area contributed by atoms with Gasteiger partial charge >= 0.3 is 0 Å². The van der Waals surface area contributed by atoms with Crippen molar-refractivity contribution in [2.75, 3.05) is 85.7 Å². The molecule has 0 saturated heterocycles. The Labute approximate surface area is 137 Å². The zero-order valence-corrected chi connectivity index (χ0v) is 13.7. The van der Waals surface area contributed by atoms with Crippen LogP contribution in [-0.4, -0.2) is 122 Å². The van der Waals surface area contributed by atoms with E-state index in [0.29, 0.717) is 19.8 Å². The van der Waals surface area contributed by atoms with Gasteiger partial charge in [-0.15, -0.1) is 0 Å². The fraction of sp³-hybridized carbons (Fsp3) is 1.00. The minimum absolute atomic E-state index is 0.0259. The third-order valence-electron chi connectivity index (χ3n) is 3.55. The van der Waals surface area contributed by atoms with Gasteiger partial charge in [0.05, 0.1) is 59.5 Å². The Morgan fingerprint density at radius 1 is 0.609 bits per heavy atom. The largest absolute Gasteiger partial charge is 0.394 e. The van der Waals surface area contributed by atoms with Crippen molar-refractivity contribution in [3.63, 3.8) is 0 Å². The molecule has 0 aliphatic heterocycles. The maximum absolute atomic E-state index is 9.57. The molecule has 0 saturated carbocycles. The van der Waals surface area contributed by atoms with E-state index in [-0.39, 0.29) is 70.4 Å². The number of ether oxygens (including phenoxy) is 3. The summed E-state index contributed by atoms with van der Waals surface area (Å²) in [6.07, 6.45) is -0.657. The average molecular weight is 342 g/mol. The number of hydrogen-bond donors (Lipinski definition) is 5. The zero-order chi connectivity index (χ0) is 17.4. The molecule has 0 aliphatic carbocycles. The highest BCUT2D eigenvalue weighted by Crippen LogP contribution is 2.14. The maximum Gasteiger partial charge on any atom is 0.217 e. The maximum atomic E-state index is 9.57. The summed E-state index contributed by atoms with van der Waals surface area (Å²) in [5.41, 5.74) is 0. The molecule has 0 rings (SSSR count). The van der Waals surface area contributed by atoms with Crippen LogP contribution in [0.25, 0.3) is 0 Å². The third kappa shape index (κ3) is 9.50. The van der Waals surface area contributed by atoms with Crippen LogP contribution >= 0.6 is 0 Å². The molecule has 0 spiro atoms. The average Bonchev–Trinajstić information content (AvgIpc) is 2.54. The van der Waals surface area contributed by atoms with Gasteiger partial charge < -0.3 is 39.7 Å². The van der Waals surface area contributed by atoms with Gasteiger partial charge in [-0.2, -0.15) is 0 Å². The van der Waals surface area contributed by atoms with Gasteiger partial charge in [0.1, 0.15) is 26.2 Å². The molecule has 5 N–H and O–H groups in total. The molecule has 1 atom stereocenters. The van der Waals surface area contributed by atoms with Crippen molar-refractivity contribution in [2.24, 2.45) is 0 Å². The van der Waals surface area contributed by atoms with Crippen LogP contribution in [-0.2, 0) is 14.2 Å². The summed E-state index contributed by atoms with van der Waals surface area (Å²) < 4.78 is 16.0. The first-order chi connectivity index (χ1) is 11.2. The minimum Gasteiger partial charge on any atom is -0.394 e. The van der Waals surface area contributed by atoms with E-state index in [1.165, 1.54) is 0 Å². The highest BCUT2D eigenvalue weighted by molar-refractivity contribution is 4.52. The fourth-order valence-electron chi connectivity index (χ4n) is 2.38. The van der Waals surface area contributed by atoms with E-state index in [2.05, 4.69) is 0 Å². The summed E-state index contributed by atoms with van der Waals surface area (Å²) in [7, 11) is 0. The second-order valence-electron chi connectivity index (χ2n) is 5.02. The molecular weight excluding hydrogens is 310 g/mol. The van der Waals surface area contributed by atoms with Crippen molar-refractivity contribution in [2.45, 2.75) is 6.23 Å². The first-order valence-corrected chi connectivity index (χ1v) is 7.88. The van der Waals surface area contributed by atoms with Crippen LogP contribution in [0.2, 0.25) is 0 Å². The lowest BCUT2D eigenvalue weighted by molar-refractivity contribution is -0.972. The Kier molecular flexibility index (Phi) is 14.9. The van der Waals surface area contributed by atoms with Crippen molar-refractivity contribution in [3.8, 4) is 0 Å². The van der Waals surface area contributed by atoms with Gasteiger partial charge in [0.15, 0.2) is 0 Å². The van der Waals surface area contributed by atoms with Gasteiger partial charge in [-0.1, -0.05) is 0 Å². The summed E-state index contributed by atoms with van der Waals surface area (Å²) in [5, 5.41) is 45.8. The van der Waals surface area contributed by atoms with Gasteiger partial charge in [0.2, 0.25) is 6.23 Å². The van der Waals surface area contributed by atoms with Gasteiger partial charge in [-0.3, -0.25) is 4.48 Å². The molecule has 9 nitrogen and oxygen atoms in total. The van der Waals surface area contributed by atoms with E-state index in [1.807, 2.05) is 0 Å². The summed E-state index contributed by atoms with van der Waals surface area (Å²) in [4.78, 5) is 0. The molecule has 1 unspecified atom stereocenters. The van der Waals surface area contributed by atoms with Crippen LogP contribution in [0, 0.1) is 0 Å². The predicted molar refractivity (Wildman–Crippen MR) is 81.7 cm³/mol. The molecule has 0 heterocycles. The van der Waals surface area contributed by atoms with Crippen molar-refractivity contribution < 1.29 is 44.2 Å². The van der Waals surface area contributed by atoms with Crippen molar-refractivity contribution >= 4 is 0 Å². The second-order valence-corrected chi connectivity index (χ2v) is 5.02. The van der Waals surface area contributed by atoms with E-state index >= 15 is 0 Å². The highest BCUT2D eigenvalue weighted by Gasteiger charge is 2.36. The van der Waals surface area contributed by atoms with Crippen LogP contribution in [0.1, 0.15) is 0 Å². The van der Waals surface area contributed by atoms with Crippen LogP contribution in [0.4, 0.5) is 0 Å². The van der Waals surface area contributed by atoms with Crippen molar-refractivity contribution in [1.82, 2.24) is 0 Å². The van der Waals surface area contributed by atoms with E-state index < -0.39 is 6.23 Å². The Bertz CT molecular complexity index is 240. The normalized spacial score (nSPS) is 13.4. The molecule has 23 heavy (non-hydrogen) atoms. The van der Waals surface area contributed by atoms with Gasteiger partial charge in [-0.25, -0.2) is 0 Å². The zero-order valence-electron chi connectivity index (χ0n) is 13.7. The molecule has 0 radical (unpaired) electrons. The lowest BCUT2D eigenvalue weighted by Crippen LogP contribution is -2.62. The molecule has 140 valence electrons. The Balaban J connectivity index is 4.24. The van der Waals surface area contributed by atoms with Gasteiger partial charge in [0.25, 0.3) is 0 Å². The smallest absolute Gasteiger partial charge is 0.217 e. The number of hydrogen-bond acceptors (Lipinski definition) is 8. The van der Waals surface area contributed by atoms with E-state index in [1.54, 1.807) is 0 Å². The van der Waals surface area contributed by atoms with Crippen molar-refractivity contribution in [1.29, 1.82) is 0 Å². The van der Waals surface area contributed by atoms with E-state index in [0.717, 1.165) is 0 Å². The SMILES string of the molecule is OCCOCCOCCOC(CO)[N+](CCO)(CCO)CCO. The molecule has 9 heteroatoms. The molecular formula is C14H32NO8+. The summed E-state index contributed by atoms with van der Waals surface area (Å²) >= 11 is 0. The first-order valence-electron chi connectivity index (χ1n) is 7.88. The number of aliphatic hydroxyl groups excluding tert-OH is 5. The van der Waals surface area contributed by atoms with Gasteiger partial charge in [0, 0.05) is 0 Å². The predicted octanol–water partition coefficient (Wildman–Crippen LogP) is -2.86. The molecule has 0 amide bonds. The number of quaternary nitrogens is 1. The third-order valence-corrected chi connectivity index (χ3v) is 3.55. The summed E-state index contributed by atoms with van der Waals surface area (Å²) in [6.45, 7) is 1.62. The van der Waals surface area contributed by atoms with Crippen LogP contribution in [0.3, 0.4) is 0 Å². The number of rotatable bonds is 17. The first kappa shape index (κ1) is 22.6. The molecule has 0 aromatic heterocycles. The van der Waals surface area contributed by atoms with Gasteiger partial charge in [-0.05, 0) is 0 Å². The molecule has 0 bridgehead atoms. The number of nitrogens with zero attached hydrogens (tertiary/aromatic N) is 1. The Morgan fingerprint density at radius 2 is 1.09 bits per heavy atom. The quantitative estimate of drug-likeness (QED) is 0.108. The van der Waals surface area contributed by atoms with E-state index in [4.69, 9.17) is 19.3 Å². The second kappa shape index (κ2) is 15.2. The lowest BCUT2D eigenvalue weighted by atomic mass is 10.3. The minimum atomic E-state index is -0.657. The summed E-state index contributed by atoms with van der Waals surface area (Å²) in [6, 6.07) is 0. The van der Waals surface area contributed by atoms with Crippen molar-refractivity contribution in [3.05, 3.63) is 0 Å². The lowest BCUT2D eigenvalue weighted by Gasteiger charge is -2.42. The molecule has 0 aromatic rings. The fourth-order valence-corrected chi connectivity index (χ4v) is 2.38. The highest BCUT2D eigenvalue weighted by atomic mass is 16.6. The molecule has 0 aliphatic rings. The monoisotopic (exact) mass is 342 g/mol.